The third kappa shape index (κ3) is 3.77. The minimum atomic E-state index is -3.83. The molecule has 1 aromatic rings. The van der Waals surface area contributed by atoms with Crippen LogP contribution in [-0.2, 0) is 21.1 Å². The molecule has 0 saturated heterocycles. The SMILES string of the molecule is NS(=O)(=O)c1cccc(S(=O)[O-])c1.[Na+]. The summed E-state index contributed by atoms with van der Waals surface area (Å²) in [5.74, 6) is 0. The first-order chi connectivity index (χ1) is 5.91. The van der Waals surface area contributed by atoms with E-state index >= 15 is 0 Å². The summed E-state index contributed by atoms with van der Waals surface area (Å²) in [5, 5.41) is 4.80. The number of sulfonamides is 1. The Bertz CT molecular complexity index is 445. The van der Waals surface area contributed by atoms with Crippen LogP contribution in [-0.4, -0.2) is 17.2 Å². The van der Waals surface area contributed by atoms with Gasteiger partial charge in [-0.1, -0.05) is 6.07 Å². The molecule has 8 heteroatoms. The van der Waals surface area contributed by atoms with E-state index in [0.29, 0.717) is 0 Å². The summed E-state index contributed by atoms with van der Waals surface area (Å²) in [6.07, 6.45) is 0. The van der Waals surface area contributed by atoms with Crippen molar-refractivity contribution >= 4 is 21.1 Å². The van der Waals surface area contributed by atoms with E-state index in [2.05, 4.69) is 0 Å². The number of hydrogen-bond donors (Lipinski definition) is 1. The molecule has 1 rings (SSSR count). The van der Waals surface area contributed by atoms with Crippen molar-refractivity contribution in [2.45, 2.75) is 9.79 Å². The molecule has 1 atom stereocenters. The van der Waals surface area contributed by atoms with Crippen LogP contribution in [0.15, 0.2) is 34.1 Å². The first-order valence-electron chi connectivity index (χ1n) is 3.13. The van der Waals surface area contributed by atoms with Crippen molar-refractivity contribution in [2.75, 3.05) is 0 Å². The third-order valence-electron chi connectivity index (χ3n) is 1.33. The van der Waals surface area contributed by atoms with Gasteiger partial charge in [0.05, 0.1) is 4.90 Å². The number of rotatable bonds is 2. The monoisotopic (exact) mass is 243 g/mol. The second-order valence-electron chi connectivity index (χ2n) is 2.25. The molecule has 1 unspecified atom stereocenters. The smallest absolute Gasteiger partial charge is 0.768 e. The normalized spacial score (nSPS) is 13.0. The Morgan fingerprint density at radius 3 is 2.36 bits per heavy atom. The summed E-state index contributed by atoms with van der Waals surface area (Å²) in [4.78, 5) is -0.319. The zero-order valence-corrected chi connectivity index (χ0v) is 11.0. The Morgan fingerprint density at radius 2 is 1.93 bits per heavy atom. The second-order valence-corrected chi connectivity index (χ2v) is 4.76. The van der Waals surface area contributed by atoms with E-state index < -0.39 is 21.1 Å². The van der Waals surface area contributed by atoms with Crippen LogP contribution in [0.25, 0.3) is 0 Å². The van der Waals surface area contributed by atoms with E-state index in [1.165, 1.54) is 18.2 Å². The van der Waals surface area contributed by atoms with Gasteiger partial charge in [0.15, 0.2) is 0 Å². The average Bonchev–Trinajstić information content (AvgIpc) is 2.03. The molecule has 0 radical (unpaired) electrons. The first-order valence-corrected chi connectivity index (χ1v) is 5.75. The topological polar surface area (TPSA) is 100 Å². The molecule has 0 bridgehead atoms. The van der Waals surface area contributed by atoms with Crippen LogP contribution in [0.5, 0.6) is 0 Å². The molecule has 5 nitrogen and oxygen atoms in total. The molecule has 0 aliphatic rings. The summed E-state index contributed by atoms with van der Waals surface area (Å²) < 4.78 is 42.5. The van der Waals surface area contributed by atoms with Crippen molar-refractivity contribution in [3.8, 4) is 0 Å². The number of nitrogens with two attached hydrogens (primary N) is 1. The summed E-state index contributed by atoms with van der Waals surface area (Å²) in [6.45, 7) is 0. The van der Waals surface area contributed by atoms with Crippen LogP contribution in [0.1, 0.15) is 0 Å². The second kappa shape index (κ2) is 5.36. The Labute approximate surface area is 106 Å². The van der Waals surface area contributed by atoms with Crippen molar-refractivity contribution in [3.05, 3.63) is 24.3 Å². The van der Waals surface area contributed by atoms with Crippen molar-refractivity contribution in [3.63, 3.8) is 0 Å². The molecule has 0 fully saturated rings. The maximum absolute atomic E-state index is 10.8. The average molecular weight is 243 g/mol. The standard InChI is InChI=1S/C6H7NO4S2.Na/c7-13(10,11)6-3-1-2-5(4-6)12(8)9;/h1-4H,(H,8,9)(H2,7,10,11);/q;+1/p-1. The maximum atomic E-state index is 10.8. The van der Waals surface area contributed by atoms with E-state index in [1.807, 2.05) is 0 Å². The van der Waals surface area contributed by atoms with Gasteiger partial charge in [0, 0.05) is 4.90 Å². The first kappa shape index (κ1) is 14.2. The fourth-order valence-electron chi connectivity index (χ4n) is 0.755. The molecule has 0 aliphatic carbocycles. The van der Waals surface area contributed by atoms with E-state index in [9.17, 15) is 17.2 Å². The van der Waals surface area contributed by atoms with Gasteiger partial charge in [0.1, 0.15) is 0 Å². The van der Waals surface area contributed by atoms with Crippen molar-refractivity contribution in [2.24, 2.45) is 5.14 Å². The molecule has 0 heterocycles. The predicted molar refractivity (Wildman–Crippen MR) is 45.0 cm³/mol. The number of primary sulfonamides is 1. The van der Waals surface area contributed by atoms with Gasteiger partial charge >= 0.3 is 29.6 Å². The maximum Gasteiger partial charge on any atom is 1.00 e. The molecule has 0 aliphatic heterocycles. The van der Waals surface area contributed by atoms with Crippen LogP contribution in [0, 0.1) is 0 Å². The summed E-state index contributed by atoms with van der Waals surface area (Å²) in [7, 11) is -3.83. The molecule has 0 saturated carbocycles. The van der Waals surface area contributed by atoms with Gasteiger partial charge in [-0.05, 0) is 29.3 Å². The van der Waals surface area contributed by atoms with Crippen LogP contribution in [0.2, 0.25) is 0 Å². The molecular formula is C6H6NNaO4S2. The summed E-state index contributed by atoms with van der Waals surface area (Å²) >= 11 is -2.44. The third-order valence-corrected chi connectivity index (χ3v) is 2.88. The van der Waals surface area contributed by atoms with Gasteiger partial charge in [-0.25, -0.2) is 13.6 Å². The van der Waals surface area contributed by atoms with Crippen LogP contribution in [0.3, 0.4) is 0 Å². The summed E-state index contributed by atoms with van der Waals surface area (Å²) in [5.41, 5.74) is 0. The zero-order chi connectivity index (χ0) is 10.1. The quantitative estimate of drug-likeness (QED) is 0.431. The van der Waals surface area contributed by atoms with Gasteiger partial charge < -0.3 is 4.55 Å². The van der Waals surface area contributed by atoms with Crippen LogP contribution >= 0.6 is 0 Å². The molecule has 2 N–H and O–H groups in total. The zero-order valence-electron chi connectivity index (χ0n) is 7.34. The van der Waals surface area contributed by atoms with E-state index in [-0.39, 0.29) is 39.3 Å². The van der Waals surface area contributed by atoms with Crippen molar-refractivity contribution in [1.82, 2.24) is 0 Å². The van der Waals surface area contributed by atoms with Gasteiger partial charge in [0.2, 0.25) is 10.0 Å². The molecule has 1 aromatic carbocycles. The van der Waals surface area contributed by atoms with Gasteiger partial charge in [-0.2, -0.15) is 0 Å². The Hall–Kier alpha value is 0.240. The molecule has 14 heavy (non-hydrogen) atoms. The molecule has 0 spiro atoms. The fourth-order valence-corrected chi connectivity index (χ4v) is 1.80. The van der Waals surface area contributed by atoms with Gasteiger partial charge in [-0.15, -0.1) is 0 Å². The Kier molecular flexibility index (Phi) is 5.45. The summed E-state index contributed by atoms with van der Waals surface area (Å²) in [6, 6.07) is 4.81. The molecule has 0 aromatic heterocycles. The number of benzene rings is 1. The minimum absolute atomic E-state index is 0. The van der Waals surface area contributed by atoms with Crippen LogP contribution < -0.4 is 34.7 Å². The van der Waals surface area contributed by atoms with Gasteiger partial charge in [-0.3, -0.25) is 4.21 Å². The van der Waals surface area contributed by atoms with E-state index in [4.69, 9.17) is 5.14 Å². The Balaban J connectivity index is 0.00000169. The molecule has 0 amide bonds. The fraction of sp³-hybridized carbons (Fsp3) is 0. The van der Waals surface area contributed by atoms with E-state index in [0.717, 1.165) is 6.07 Å². The van der Waals surface area contributed by atoms with Crippen molar-refractivity contribution in [1.29, 1.82) is 0 Å². The Morgan fingerprint density at radius 1 is 1.36 bits per heavy atom. The molecular weight excluding hydrogens is 237 g/mol. The number of hydrogen-bond acceptors (Lipinski definition) is 4. The molecule has 72 valence electrons. The minimum Gasteiger partial charge on any atom is -0.768 e. The van der Waals surface area contributed by atoms with Gasteiger partial charge in [0.25, 0.3) is 0 Å². The largest absolute Gasteiger partial charge is 1.00 e. The van der Waals surface area contributed by atoms with E-state index in [1.54, 1.807) is 0 Å². The van der Waals surface area contributed by atoms with Crippen LogP contribution in [0.4, 0.5) is 0 Å². The van der Waals surface area contributed by atoms with Crippen molar-refractivity contribution < 1.29 is 46.7 Å². The predicted octanol–water partition coefficient (Wildman–Crippen LogP) is -3.42.